The van der Waals surface area contributed by atoms with Crippen molar-refractivity contribution in [2.24, 2.45) is 0 Å². The van der Waals surface area contributed by atoms with Crippen LogP contribution in [0.15, 0.2) is 54.6 Å². The fourth-order valence-electron chi connectivity index (χ4n) is 2.34. The van der Waals surface area contributed by atoms with Gasteiger partial charge in [-0.1, -0.05) is 29.8 Å². The quantitative estimate of drug-likeness (QED) is 0.642. The third-order valence-corrected chi connectivity index (χ3v) is 4.22. The number of carbonyl (C=O) groups excluding carboxylic acids is 1. The van der Waals surface area contributed by atoms with Crippen LogP contribution in [0, 0.1) is 6.92 Å². The first-order valence-electron chi connectivity index (χ1n) is 7.82. The van der Waals surface area contributed by atoms with E-state index in [1.165, 1.54) is 0 Å². The number of H-pyrrole nitrogens is 1. The van der Waals surface area contributed by atoms with Crippen LogP contribution in [-0.4, -0.2) is 30.8 Å². The Morgan fingerprint density at radius 3 is 2.23 bits per heavy atom. The number of nitrogens with one attached hydrogen (secondary N) is 3. The predicted molar refractivity (Wildman–Crippen MR) is 102 cm³/mol. The van der Waals surface area contributed by atoms with E-state index in [1.54, 1.807) is 30.3 Å². The van der Waals surface area contributed by atoms with Gasteiger partial charge in [-0.2, -0.15) is 5.10 Å². The molecule has 3 aromatic rings. The highest BCUT2D eigenvalue weighted by molar-refractivity contribution is 7.92. The van der Waals surface area contributed by atoms with Crippen LogP contribution < -0.4 is 10.0 Å². The number of nitrogens with zero attached hydrogens (tertiary/aromatic N) is 1. The van der Waals surface area contributed by atoms with Gasteiger partial charge < -0.3 is 5.32 Å². The average Bonchev–Trinajstić information content (AvgIpc) is 3.06. The standard InChI is InChI=1S/C18H18N4O3S/c1-12-3-5-13(6-4-12)16-11-17(21-20-16)18(23)19-14-7-9-15(10-8-14)22-26(2,24)25/h3-11,22H,1-2H3,(H,19,23)(H,20,21). The van der Waals surface area contributed by atoms with Crippen LogP contribution in [0.2, 0.25) is 0 Å². The van der Waals surface area contributed by atoms with E-state index in [9.17, 15) is 13.2 Å². The molecule has 0 aliphatic heterocycles. The summed E-state index contributed by atoms with van der Waals surface area (Å²) in [5.74, 6) is -0.334. The zero-order valence-electron chi connectivity index (χ0n) is 14.3. The van der Waals surface area contributed by atoms with Gasteiger partial charge in [-0.15, -0.1) is 0 Å². The lowest BCUT2D eigenvalue weighted by Gasteiger charge is -2.06. The van der Waals surface area contributed by atoms with E-state index < -0.39 is 10.0 Å². The van der Waals surface area contributed by atoms with Crippen LogP contribution in [0.4, 0.5) is 11.4 Å². The summed E-state index contributed by atoms with van der Waals surface area (Å²) in [5.41, 5.74) is 4.05. The Morgan fingerprint density at radius 1 is 1.00 bits per heavy atom. The smallest absolute Gasteiger partial charge is 0.273 e. The van der Waals surface area contributed by atoms with E-state index in [0.717, 1.165) is 17.4 Å². The summed E-state index contributed by atoms with van der Waals surface area (Å²) in [5, 5.41) is 9.63. The van der Waals surface area contributed by atoms with E-state index in [2.05, 4.69) is 20.2 Å². The lowest BCUT2D eigenvalue weighted by Crippen LogP contribution is -2.13. The molecule has 0 aliphatic carbocycles. The van der Waals surface area contributed by atoms with E-state index in [1.807, 2.05) is 31.2 Å². The molecule has 3 N–H and O–H groups in total. The summed E-state index contributed by atoms with van der Waals surface area (Å²) in [6, 6.07) is 15.9. The lowest BCUT2D eigenvalue weighted by molar-refractivity contribution is 0.102. The van der Waals surface area contributed by atoms with Gasteiger partial charge in [0.15, 0.2) is 0 Å². The number of sulfonamides is 1. The number of benzene rings is 2. The van der Waals surface area contributed by atoms with Crippen LogP contribution >= 0.6 is 0 Å². The van der Waals surface area contributed by atoms with E-state index in [4.69, 9.17) is 0 Å². The molecule has 0 atom stereocenters. The Bertz CT molecular complexity index is 1020. The first-order chi connectivity index (χ1) is 12.3. The summed E-state index contributed by atoms with van der Waals surface area (Å²) in [6.45, 7) is 2.00. The van der Waals surface area contributed by atoms with Crippen molar-refractivity contribution < 1.29 is 13.2 Å². The van der Waals surface area contributed by atoms with Crippen LogP contribution in [0.3, 0.4) is 0 Å². The number of anilines is 2. The second kappa shape index (κ2) is 7.01. The van der Waals surface area contributed by atoms with Crippen molar-refractivity contribution in [1.29, 1.82) is 0 Å². The first kappa shape index (κ1) is 17.7. The molecule has 0 radical (unpaired) electrons. The highest BCUT2D eigenvalue weighted by Gasteiger charge is 2.11. The van der Waals surface area contributed by atoms with Gasteiger partial charge in [-0.3, -0.25) is 14.6 Å². The average molecular weight is 370 g/mol. The predicted octanol–water partition coefficient (Wildman–Crippen LogP) is 3.01. The Morgan fingerprint density at radius 2 is 1.62 bits per heavy atom. The number of carbonyl (C=O) groups is 1. The normalized spacial score (nSPS) is 11.2. The molecular weight excluding hydrogens is 352 g/mol. The Kier molecular flexibility index (Phi) is 4.77. The monoisotopic (exact) mass is 370 g/mol. The highest BCUT2D eigenvalue weighted by atomic mass is 32.2. The minimum absolute atomic E-state index is 0.332. The topological polar surface area (TPSA) is 104 Å². The third kappa shape index (κ3) is 4.48. The minimum atomic E-state index is -3.33. The highest BCUT2D eigenvalue weighted by Crippen LogP contribution is 2.19. The molecule has 0 spiro atoms. The van der Waals surface area contributed by atoms with E-state index in [0.29, 0.717) is 22.8 Å². The molecule has 0 bridgehead atoms. The second-order valence-corrected chi connectivity index (χ2v) is 7.69. The Balaban J connectivity index is 1.69. The number of aromatic amines is 1. The van der Waals surface area contributed by atoms with Gasteiger partial charge in [0.1, 0.15) is 5.69 Å². The molecule has 134 valence electrons. The van der Waals surface area contributed by atoms with Gasteiger partial charge in [-0.25, -0.2) is 8.42 Å². The van der Waals surface area contributed by atoms with Crippen molar-refractivity contribution in [1.82, 2.24) is 10.2 Å². The summed E-state index contributed by atoms with van der Waals surface area (Å²) in [7, 11) is -3.33. The molecule has 26 heavy (non-hydrogen) atoms. The minimum Gasteiger partial charge on any atom is -0.321 e. The van der Waals surface area contributed by atoms with Crippen molar-refractivity contribution in [2.45, 2.75) is 6.92 Å². The number of hydrogen-bond donors (Lipinski definition) is 3. The maximum Gasteiger partial charge on any atom is 0.273 e. The fraction of sp³-hybridized carbons (Fsp3) is 0.111. The zero-order valence-corrected chi connectivity index (χ0v) is 15.1. The van der Waals surface area contributed by atoms with Crippen molar-refractivity contribution in [3.05, 3.63) is 65.9 Å². The van der Waals surface area contributed by atoms with Gasteiger partial charge in [0.2, 0.25) is 10.0 Å². The molecule has 8 heteroatoms. The number of aromatic nitrogens is 2. The maximum absolute atomic E-state index is 12.3. The molecular formula is C18H18N4O3S. The molecule has 3 rings (SSSR count). The van der Waals surface area contributed by atoms with Gasteiger partial charge >= 0.3 is 0 Å². The summed E-state index contributed by atoms with van der Waals surface area (Å²) < 4.78 is 24.8. The van der Waals surface area contributed by atoms with Crippen LogP contribution in [-0.2, 0) is 10.0 Å². The summed E-state index contributed by atoms with van der Waals surface area (Å²) in [6.07, 6.45) is 1.08. The van der Waals surface area contributed by atoms with Crippen molar-refractivity contribution >= 4 is 27.3 Å². The van der Waals surface area contributed by atoms with Crippen LogP contribution in [0.1, 0.15) is 16.1 Å². The molecule has 2 aromatic carbocycles. The Hall–Kier alpha value is -3.13. The molecule has 0 aliphatic rings. The first-order valence-corrected chi connectivity index (χ1v) is 9.71. The van der Waals surface area contributed by atoms with E-state index in [-0.39, 0.29) is 5.91 Å². The summed E-state index contributed by atoms with van der Waals surface area (Å²) >= 11 is 0. The largest absolute Gasteiger partial charge is 0.321 e. The molecule has 0 fully saturated rings. The second-order valence-electron chi connectivity index (χ2n) is 5.94. The number of rotatable bonds is 5. The van der Waals surface area contributed by atoms with Gasteiger partial charge in [0.25, 0.3) is 5.91 Å². The van der Waals surface area contributed by atoms with Gasteiger partial charge in [0, 0.05) is 16.9 Å². The molecule has 1 heterocycles. The molecule has 0 unspecified atom stereocenters. The van der Waals surface area contributed by atoms with Crippen molar-refractivity contribution in [3.63, 3.8) is 0 Å². The van der Waals surface area contributed by atoms with Crippen LogP contribution in [0.25, 0.3) is 11.3 Å². The summed E-state index contributed by atoms with van der Waals surface area (Å²) in [4.78, 5) is 12.3. The fourth-order valence-corrected chi connectivity index (χ4v) is 2.91. The number of hydrogen-bond acceptors (Lipinski definition) is 4. The zero-order chi connectivity index (χ0) is 18.7. The maximum atomic E-state index is 12.3. The van der Waals surface area contributed by atoms with Crippen LogP contribution in [0.5, 0.6) is 0 Å². The third-order valence-electron chi connectivity index (χ3n) is 3.62. The van der Waals surface area contributed by atoms with Gasteiger partial charge in [0.05, 0.1) is 11.9 Å². The molecule has 1 amide bonds. The molecule has 0 saturated carbocycles. The molecule has 1 aromatic heterocycles. The van der Waals surface area contributed by atoms with Gasteiger partial charge in [-0.05, 0) is 37.3 Å². The lowest BCUT2D eigenvalue weighted by atomic mass is 10.1. The SMILES string of the molecule is Cc1ccc(-c2cc(C(=O)Nc3ccc(NS(C)(=O)=O)cc3)[nH]n2)cc1. The molecule has 0 saturated heterocycles. The molecule has 7 nitrogen and oxygen atoms in total. The Labute approximate surface area is 151 Å². The number of aryl methyl sites for hydroxylation is 1. The van der Waals surface area contributed by atoms with Crippen molar-refractivity contribution in [2.75, 3.05) is 16.3 Å². The number of amides is 1. The van der Waals surface area contributed by atoms with Crippen molar-refractivity contribution in [3.8, 4) is 11.3 Å². The van der Waals surface area contributed by atoms with E-state index >= 15 is 0 Å².